The van der Waals surface area contributed by atoms with Crippen LogP contribution in [-0.2, 0) is 16.6 Å². The minimum Gasteiger partial charge on any atom is -0.313 e. The molecule has 0 spiro atoms. The zero-order valence-corrected chi connectivity index (χ0v) is 13.9. The van der Waals surface area contributed by atoms with E-state index in [1.807, 2.05) is 13.0 Å². The van der Waals surface area contributed by atoms with E-state index < -0.39 is 10.0 Å². The van der Waals surface area contributed by atoms with Crippen molar-refractivity contribution >= 4 is 10.0 Å². The smallest absolute Gasteiger partial charge is 0.260 e. The van der Waals surface area contributed by atoms with Gasteiger partial charge in [0.2, 0.25) is 0 Å². The summed E-state index contributed by atoms with van der Waals surface area (Å²) in [5.41, 5.74) is 1.03. The minimum atomic E-state index is -3.47. The van der Waals surface area contributed by atoms with Gasteiger partial charge in [-0.3, -0.25) is 0 Å². The lowest BCUT2D eigenvalue weighted by Crippen LogP contribution is -2.43. The molecule has 0 saturated carbocycles. The van der Waals surface area contributed by atoms with Crippen molar-refractivity contribution in [2.75, 3.05) is 19.6 Å². The second-order valence-electron chi connectivity index (χ2n) is 6.39. The average Bonchev–Trinajstić information content (AvgIpc) is 2.44. The van der Waals surface area contributed by atoms with Crippen molar-refractivity contribution in [2.24, 2.45) is 5.41 Å². The SMILES string of the molecule is CCNCc1ccc(S(=O)(=O)N2CCCC(C)(C)C2)nc1. The fraction of sp³-hybridized carbons (Fsp3) is 0.667. The minimum absolute atomic E-state index is 0.0380. The topological polar surface area (TPSA) is 62.3 Å². The predicted octanol–water partition coefficient (Wildman–Crippen LogP) is 2.00. The molecule has 2 rings (SSSR count). The van der Waals surface area contributed by atoms with Gasteiger partial charge in [-0.25, -0.2) is 13.4 Å². The van der Waals surface area contributed by atoms with Crippen molar-refractivity contribution in [1.82, 2.24) is 14.6 Å². The van der Waals surface area contributed by atoms with Crippen LogP contribution in [0.3, 0.4) is 0 Å². The third-order valence-corrected chi connectivity index (χ3v) is 5.61. The highest BCUT2D eigenvalue weighted by molar-refractivity contribution is 7.89. The molecule has 1 fully saturated rings. The Morgan fingerprint density at radius 2 is 2.14 bits per heavy atom. The summed E-state index contributed by atoms with van der Waals surface area (Å²) < 4.78 is 26.9. The Hall–Kier alpha value is -0.980. The second-order valence-corrected chi connectivity index (χ2v) is 8.28. The van der Waals surface area contributed by atoms with Gasteiger partial charge in [-0.1, -0.05) is 26.8 Å². The largest absolute Gasteiger partial charge is 0.313 e. The maximum absolute atomic E-state index is 12.6. The molecule has 0 unspecified atom stereocenters. The van der Waals surface area contributed by atoms with Gasteiger partial charge in [0, 0.05) is 25.8 Å². The average molecular weight is 311 g/mol. The Balaban J connectivity index is 2.15. The Bertz CT molecular complexity index is 567. The zero-order chi connectivity index (χ0) is 15.5. The molecule has 1 aromatic heterocycles. The molecule has 0 aliphatic carbocycles. The first-order chi connectivity index (χ1) is 9.85. The van der Waals surface area contributed by atoms with Gasteiger partial charge in [0.25, 0.3) is 10.0 Å². The fourth-order valence-corrected chi connectivity index (χ4v) is 4.22. The summed E-state index contributed by atoms with van der Waals surface area (Å²) in [7, 11) is -3.47. The van der Waals surface area contributed by atoms with Gasteiger partial charge in [-0.15, -0.1) is 0 Å². The molecule has 1 aliphatic heterocycles. The van der Waals surface area contributed by atoms with E-state index in [1.165, 1.54) is 0 Å². The van der Waals surface area contributed by atoms with Crippen molar-refractivity contribution in [3.8, 4) is 0 Å². The number of sulfonamides is 1. The van der Waals surface area contributed by atoms with E-state index >= 15 is 0 Å². The lowest BCUT2D eigenvalue weighted by atomic mass is 9.85. The van der Waals surface area contributed by atoms with Crippen molar-refractivity contribution in [2.45, 2.75) is 45.2 Å². The molecule has 5 nitrogen and oxygen atoms in total. The molecule has 1 N–H and O–H groups in total. The number of nitrogens with one attached hydrogen (secondary N) is 1. The molecule has 2 heterocycles. The van der Waals surface area contributed by atoms with Gasteiger partial charge in [0.05, 0.1) is 0 Å². The van der Waals surface area contributed by atoms with Gasteiger partial charge in [-0.2, -0.15) is 4.31 Å². The maximum atomic E-state index is 12.6. The van der Waals surface area contributed by atoms with Gasteiger partial charge in [0.1, 0.15) is 0 Å². The monoisotopic (exact) mass is 311 g/mol. The van der Waals surface area contributed by atoms with Crippen molar-refractivity contribution in [3.05, 3.63) is 23.9 Å². The van der Waals surface area contributed by atoms with Crippen LogP contribution in [0.1, 0.15) is 39.2 Å². The molecular weight excluding hydrogens is 286 g/mol. The number of aromatic nitrogens is 1. The molecule has 21 heavy (non-hydrogen) atoms. The summed E-state index contributed by atoms with van der Waals surface area (Å²) in [4.78, 5) is 4.16. The maximum Gasteiger partial charge on any atom is 0.260 e. The number of hydrogen-bond acceptors (Lipinski definition) is 4. The van der Waals surface area contributed by atoms with Gasteiger partial charge in [0.15, 0.2) is 5.03 Å². The molecule has 0 bridgehead atoms. The molecule has 1 aliphatic rings. The quantitative estimate of drug-likeness (QED) is 0.903. The highest BCUT2D eigenvalue weighted by Crippen LogP contribution is 2.31. The van der Waals surface area contributed by atoms with Crippen molar-refractivity contribution in [3.63, 3.8) is 0 Å². The van der Waals surface area contributed by atoms with E-state index in [1.54, 1.807) is 16.6 Å². The molecule has 0 amide bonds. The Morgan fingerprint density at radius 3 is 2.71 bits per heavy atom. The summed E-state index contributed by atoms with van der Waals surface area (Å²) >= 11 is 0. The van der Waals surface area contributed by atoms with E-state index in [-0.39, 0.29) is 10.4 Å². The summed E-state index contributed by atoms with van der Waals surface area (Å²) in [6.07, 6.45) is 3.61. The van der Waals surface area contributed by atoms with Gasteiger partial charge >= 0.3 is 0 Å². The van der Waals surface area contributed by atoms with Gasteiger partial charge in [-0.05, 0) is 36.4 Å². The van der Waals surface area contributed by atoms with Crippen LogP contribution in [0.25, 0.3) is 0 Å². The molecule has 1 aromatic rings. The zero-order valence-electron chi connectivity index (χ0n) is 13.1. The third kappa shape index (κ3) is 4.02. The standard InChI is InChI=1S/C15H25N3O2S/c1-4-16-10-13-6-7-14(17-11-13)21(19,20)18-9-5-8-15(2,3)12-18/h6-7,11,16H,4-5,8-10,12H2,1-3H3. The molecule has 118 valence electrons. The van der Waals surface area contributed by atoms with Crippen LogP contribution in [-0.4, -0.2) is 37.3 Å². The lowest BCUT2D eigenvalue weighted by Gasteiger charge is -2.36. The van der Waals surface area contributed by atoms with Crippen LogP contribution in [0.2, 0.25) is 0 Å². The van der Waals surface area contributed by atoms with Crippen molar-refractivity contribution < 1.29 is 8.42 Å². The second kappa shape index (κ2) is 6.42. The Labute approximate surface area is 127 Å². The van der Waals surface area contributed by atoms with Gasteiger partial charge < -0.3 is 5.32 Å². The lowest BCUT2D eigenvalue weighted by molar-refractivity contribution is 0.186. The Morgan fingerprint density at radius 1 is 1.38 bits per heavy atom. The normalized spacial score (nSPS) is 19.6. The highest BCUT2D eigenvalue weighted by atomic mass is 32.2. The molecule has 6 heteroatoms. The van der Waals surface area contributed by atoms with Crippen LogP contribution >= 0.6 is 0 Å². The van der Waals surface area contributed by atoms with Crippen LogP contribution in [0, 0.1) is 5.41 Å². The van der Waals surface area contributed by atoms with Crippen molar-refractivity contribution in [1.29, 1.82) is 0 Å². The van der Waals surface area contributed by atoms with E-state index in [0.717, 1.165) is 24.9 Å². The number of hydrogen-bond donors (Lipinski definition) is 1. The molecule has 0 radical (unpaired) electrons. The van der Waals surface area contributed by atoms with E-state index in [4.69, 9.17) is 0 Å². The molecule has 1 saturated heterocycles. The first kappa shape index (κ1) is 16.4. The molecule has 0 atom stereocenters. The summed E-state index contributed by atoms with van der Waals surface area (Å²) in [6, 6.07) is 3.45. The third-order valence-electron chi connectivity index (χ3n) is 3.85. The van der Waals surface area contributed by atoms with E-state index in [2.05, 4.69) is 24.1 Å². The van der Waals surface area contributed by atoms with Crippen LogP contribution < -0.4 is 5.32 Å². The number of piperidine rings is 1. The predicted molar refractivity (Wildman–Crippen MR) is 83.4 cm³/mol. The van der Waals surface area contributed by atoms with E-state index in [0.29, 0.717) is 19.6 Å². The van der Waals surface area contributed by atoms with Crippen LogP contribution in [0.15, 0.2) is 23.4 Å². The molecular formula is C15H25N3O2S. The van der Waals surface area contributed by atoms with E-state index in [9.17, 15) is 8.42 Å². The summed E-state index contributed by atoms with van der Waals surface area (Å²) in [6.45, 7) is 9.00. The number of rotatable bonds is 5. The fourth-order valence-electron chi connectivity index (χ4n) is 2.64. The number of pyridine rings is 1. The highest BCUT2D eigenvalue weighted by Gasteiger charge is 2.34. The first-order valence-corrected chi connectivity index (χ1v) is 8.95. The van der Waals surface area contributed by atoms with Crippen LogP contribution in [0.5, 0.6) is 0 Å². The summed E-state index contributed by atoms with van der Waals surface area (Å²) in [5.74, 6) is 0. The Kier molecular flexibility index (Phi) is 5.01. The molecule has 0 aromatic carbocycles. The van der Waals surface area contributed by atoms with Crippen LogP contribution in [0.4, 0.5) is 0 Å². The summed E-state index contributed by atoms with van der Waals surface area (Å²) in [5, 5.41) is 3.35. The number of nitrogens with zero attached hydrogens (tertiary/aromatic N) is 2. The first-order valence-electron chi connectivity index (χ1n) is 7.51.